The van der Waals surface area contributed by atoms with E-state index < -0.39 is 60.0 Å². The fourth-order valence-electron chi connectivity index (χ4n) is 5.82. The van der Waals surface area contributed by atoms with Gasteiger partial charge in [0.1, 0.15) is 12.0 Å². The molecule has 2 heterocycles. The van der Waals surface area contributed by atoms with Gasteiger partial charge < -0.3 is 37.6 Å². The zero-order valence-corrected chi connectivity index (χ0v) is 30.8. The van der Waals surface area contributed by atoms with Crippen molar-refractivity contribution in [2.24, 2.45) is 0 Å². The number of fused-ring (bicyclic) bond motifs is 1. The van der Waals surface area contributed by atoms with Crippen molar-refractivity contribution in [2.75, 3.05) is 0 Å². The molecule has 1 fully saturated rings. The Balaban J connectivity index is 1.73. The van der Waals surface area contributed by atoms with Crippen LogP contribution in [0.15, 0.2) is 51.9 Å². The van der Waals surface area contributed by atoms with Crippen molar-refractivity contribution in [1.29, 1.82) is 0 Å². The highest BCUT2D eigenvalue weighted by molar-refractivity contribution is 5.90. The third-order valence-electron chi connectivity index (χ3n) is 8.32. The topological polar surface area (TPSA) is 180 Å². The zero-order chi connectivity index (χ0) is 38.7. The Kier molecular flexibility index (Phi) is 14.5. The summed E-state index contributed by atoms with van der Waals surface area (Å²) in [7, 11) is 0. The predicted molar refractivity (Wildman–Crippen MR) is 189 cm³/mol. The molecule has 0 radical (unpaired) electrons. The summed E-state index contributed by atoms with van der Waals surface area (Å²) in [6, 6.07) is 9.19. The van der Waals surface area contributed by atoms with Crippen molar-refractivity contribution >= 4 is 40.8 Å². The van der Waals surface area contributed by atoms with Gasteiger partial charge in [0.25, 0.3) is 0 Å². The smallest absolute Gasteiger partial charge is 0.311 e. The Labute approximate surface area is 306 Å². The molecule has 0 N–H and O–H groups in total. The van der Waals surface area contributed by atoms with Crippen LogP contribution < -0.4 is 19.6 Å². The molecule has 1 aromatic heterocycles. The van der Waals surface area contributed by atoms with E-state index in [1.807, 2.05) is 13.8 Å². The Morgan fingerprint density at radius 2 is 1.26 bits per heavy atom. The molecular weight excluding hydrogens is 692 g/mol. The molecule has 0 unspecified atom stereocenters. The van der Waals surface area contributed by atoms with E-state index in [0.29, 0.717) is 24.2 Å². The van der Waals surface area contributed by atoms with E-state index in [0.717, 1.165) is 46.0 Å². The molecule has 14 nitrogen and oxygen atoms in total. The Morgan fingerprint density at radius 1 is 0.698 bits per heavy atom. The molecule has 0 aliphatic carbocycles. The summed E-state index contributed by atoms with van der Waals surface area (Å²) in [4.78, 5) is 75.4. The molecule has 4 rings (SSSR count). The van der Waals surface area contributed by atoms with Crippen LogP contribution in [0.4, 0.5) is 0 Å². The lowest BCUT2D eigenvalue weighted by Gasteiger charge is -2.43. The molecular formula is C39H46O14. The van der Waals surface area contributed by atoms with Crippen molar-refractivity contribution in [3.63, 3.8) is 0 Å². The minimum absolute atomic E-state index is 0.0554. The Hall–Kier alpha value is -5.24. The number of hydrogen-bond acceptors (Lipinski definition) is 14. The van der Waals surface area contributed by atoms with E-state index in [1.165, 1.54) is 25.3 Å². The normalized spacial score (nSPS) is 19.5. The van der Waals surface area contributed by atoms with Gasteiger partial charge in [0.05, 0.1) is 17.1 Å². The first-order valence-electron chi connectivity index (χ1n) is 17.8. The average Bonchev–Trinajstić information content (AvgIpc) is 3.09. The van der Waals surface area contributed by atoms with Gasteiger partial charge in [-0.15, -0.1) is 0 Å². The summed E-state index contributed by atoms with van der Waals surface area (Å²) >= 11 is 0. The quantitative estimate of drug-likeness (QED) is 0.0686. The molecule has 2 aromatic carbocycles. The average molecular weight is 739 g/mol. The number of carbonyl (C=O) groups excluding carboxylic acids is 5. The lowest BCUT2D eigenvalue weighted by Crippen LogP contribution is -2.62. The molecule has 1 saturated heterocycles. The van der Waals surface area contributed by atoms with E-state index in [4.69, 9.17) is 37.6 Å². The second-order valence-electron chi connectivity index (χ2n) is 12.7. The summed E-state index contributed by atoms with van der Waals surface area (Å²) in [6.45, 7) is 9.01. The van der Waals surface area contributed by atoms with E-state index in [2.05, 4.69) is 0 Å². The molecule has 1 aliphatic heterocycles. The molecule has 3 aromatic rings. The van der Waals surface area contributed by atoms with Crippen molar-refractivity contribution < 1.29 is 61.5 Å². The second-order valence-corrected chi connectivity index (χ2v) is 12.7. The zero-order valence-electron chi connectivity index (χ0n) is 30.8. The van der Waals surface area contributed by atoms with Crippen molar-refractivity contribution in [3.05, 3.63) is 52.9 Å². The maximum atomic E-state index is 13.9. The van der Waals surface area contributed by atoms with E-state index >= 15 is 0 Å². The molecule has 1 aliphatic rings. The van der Waals surface area contributed by atoms with Gasteiger partial charge in [-0.2, -0.15) is 0 Å². The van der Waals surface area contributed by atoms with E-state index in [1.54, 1.807) is 31.2 Å². The molecule has 5 atom stereocenters. The number of carbonyl (C=O) groups is 5. The van der Waals surface area contributed by atoms with Gasteiger partial charge in [-0.05, 0) is 49.6 Å². The first-order chi connectivity index (χ1) is 25.3. The molecule has 0 amide bonds. The van der Waals surface area contributed by atoms with Gasteiger partial charge in [0.2, 0.25) is 23.6 Å². The Bertz CT molecular complexity index is 1830. The number of rotatable bonds is 16. The highest BCUT2D eigenvalue weighted by Gasteiger charge is 2.52. The predicted octanol–water partition coefficient (Wildman–Crippen LogP) is 6.35. The number of esters is 5. The number of unbranched alkanes of at least 4 members (excludes halogenated alkanes) is 4. The highest BCUT2D eigenvalue weighted by Crippen LogP contribution is 2.39. The molecule has 53 heavy (non-hydrogen) atoms. The SMILES string of the molecule is CCCCCC(=O)Oc1ccc(-c2coc3c(OC(=O)CCCCC)c(O[C@H]4O[C@@H](C)[C@H](OC(C)=O)[C@@H](OC(C)=O)[C@H]4OC(C)=O)ccc3c2=O)cc1. The fraction of sp³-hybridized carbons (Fsp3) is 0.487. The van der Waals surface area contributed by atoms with Crippen LogP contribution >= 0.6 is 0 Å². The van der Waals surface area contributed by atoms with Crippen LogP contribution in [0, 0.1) is 0 Å². The summed E-state index contributed by atoms with van der Waals surface area (Å²) in [5, 5.41) is 0.0554. The highest BCUT2D eigenvalue weighted by atomic mass is 16.7. The molecule has 0 saturated carbocycles. The van der Waals surface area contributed by atoms with Gasteiger partial charge in [-0.1, -0.05) is 51.7 Å². The summed E-state index contributed by atoms with van der Waals surface area (Å²) in [5.41, 5.74) is 0.106. The van der Waals surface area contributed by atoms with Gasteiger partial charge >= 0.3 is 29.8 Å². The monoisotopic (exact) mass is 738 g/mol. The van der Waals surface area contributed by atoms with Gasteiger partial charge in [-0.25, -0.2) is 0 Å². The van der Waals surface area contributed by atoms with Crippen LogP contribution in [0.2, 0.25) is 0 Å². The van der Waals surface area contributed by atoms with E-state index in [9.17, 15) is 28.8 Å². The van der Waals surface area contributed by atoms with Gasteiger partial charge in [0.15, 0.2) is 23.5 Å². The third-order valence-corrected chi connectivity index (χ3v) is 8.32. The molecule has 14 heteroatoms. The molecule has 286 valence electrons. The van der Waals surface area contributed by atoms with Crippen LogP contribution in [-0.4, -0.2) is 60.6 Å². The summed E-state index contributed by atoms with van der Waals surface area (Å²) in [5.74, 6) is -3.21. The minimum Gasteiger partial charge on any atom is -0.459 e. The standard InChI is InChI=1S/C39H46O14/c1-7-9-11-13-31(43)51-27-17-15-26(16-18-27)29-21-46-35-28(33(29)45)19-20-30(36(35)53-32(44)14-12-10-8-2)52-39-38(50-25(6)42)37(49-24(5)41)34(22(3)47-39)48-23(4)40/h15-22,34,37-39H,7-14H2,1-6H3/t22-,34-,37+,38+,39+/m0/s1. The lowest BCUT2D eigenvalue weighted by atomic mass is 9.98. The molecule has 0 bridgehead atoms. The fourth-order valence-corrected chi connectivity index (χ4v) is 5.82. The third kappa shape index (κ3) is 10.9. The van der Waals surface area contributed by atoms with Crippen LogP contribution in [0.25, 0.3) is 22.1 Å². The van der Waals surface area contributed by atoms with Crippen LogP contribution in [-0.2, 0) is 42.9 Å². The van der Waals surface area contributed by atoms with Gasteiger partial charge in [0, 0.05) is 33.6 Å². The van der Waals surface area contributed by atoms with E-state index in [-0.39, 0.29) is 40.4 Å². The van der Waals surface area contributed by atoms with Gasteiger partial charge in [-0.3, -0.25) is 28.8 Å². The summed E-state index contributed by atoms with van der Waals surface area (Å²) < 4.78 is 45.7. The number of ether oxygens (including phenoxy) is 7. The largest absolute Gasteiger partial charge is 0.459 e. The molecule has 0 spiro atoms. The van der Waals surface area contributed by atoms with Crippen molar-refractivity contribution in [1.82, 2.24) is 0 Å². The second kappa shape index (κ2) is 19.0. The lowest BCUT2D eigenvalue weighted by molar-refractivity contribution is -0.280. The maximum Gasteiger partial charge on any atom is 0.311 e. The van der Waals surface area contributed by atoms with Crippen LogP contribution in [0.3, 0.4) is 0 Å². The number of benzene rings is 2. The van der Waals surface area contributed by atoms with Crippen molar-refractivity contribution in [2.45, 2.75) is 124 Å². The minimum atomic E-state index is -1.48. The van der Waals surface area contributed by atoms with Crippen LogP contribution in [0.5, 0.6) is 17.2 Å². The first kappa shape index (κ1) is 40.5. The Morgan fingerprint density at radius 3 is 1.85 bits per heavy atom. The first-order valence-corrected chi connectivity index (χ1v) is 17.8. The number of hydrogen-bond donors (Lipinski definition) is 0. The maximum absolute atomic E-state index is 13.9. The van der Waals surface area contributed by atoms with Crippen LogP contribution in [0.1, 0.15) is 92.9 Å². The van der Waals surface area contributed by atoms with Crippen molar-refractivity contribution in [3.8, 4) is 28.4 Å². The summed E-state index contributed by atoms with van der Waals surface area (Å²) in [6.07, 6.45) is 0.0459.